The van der Waals surface area contributed by atoms with Gasteiger partial charge in [0, 0.05) is 17.1 Å². The fourth-order valence-electron chi connectivity index (χ4n) is 0.966. The van der Waals surface area contributed by atoms with Crippen molar-refractivity contribution in [3.8, 4) is 5.75 Å². The summed E-state index contributed by atoms with van der Waals surface area (Å²) in [4.78, 5) is 14.7. The van der Waals surface area contributed by atoms with Crippen LogP contribution in [0.4, 0.5) is 0 Å². The molecule has 0 saturated carbocycles. The predicted octanol–water partition coefficient (Wildman–Crippen LogP) is 0.993. The molecule has 0 aromatic carbocycles. The van der Waals surface area contributed by atoms with Crippen molar-refractivity contribution >= 4 is 21.8 Å². The molecule has 1 heterocycles. The number of nitrogens with zero attached hydrogens (tertiary/aromatic N) is 1. The second kappa shape index (κ2) is 6.36. The average molecular weight is 274 g/mol. The highest BCUT2D eigenvalue weighted by Gasteiger charge is 1.99. The standard InChI is InChI=1S/C9H12BrN3O2/c10-7-4-8(6-12-5-7)15-3-1-2-9(14)13-11/h4-6H,1-3,11H2,(H,13,14). The number of amides is 1. The molecule has 1 aromatic rings. The lowest BCUT2D eigenvalue weighted by Gasteiger charge is -2.05. The first-order valence-electron chi connectivity index (χ1n) is 4.45. The fourth-order valence-corrected chi connectivity index (χ4v) is 1.31. The van der Waals surface area contributed by atoms with E-state index >= 15 is 0 Å². The van der Waals surface area contributed by atoms with Crippen LogP contribution >= 0.6 is 15.9 Å². The summed E-state index contributed by atoms with van der Waals surface area (Å²) in [5.41, 5.74) is 2.06. The summed E-state index contributed by atoms with van der Waals surface area (Å²) >= 11 is 3.28. The van der Waals surface area contributed by atoms with Gasteiger partial charge in [-0.3, -0.25) is 15.2 Å². The van der Waals surface area contributed by atoms with Gasteiger partial charge in [0.25, 0.3) is 0 Å². The molecular weight excluding hydrogens is 262 g/mol. The van der Waals surface area contributed by atoms with Crippen LogP contribution in [0.5, 0.6) is 5.75 Å². The molecule has 0 unspecified atom stereocenters. The Labute approximate surface area is 96.1 Å². The zero-order valence-corrected chi connectivity index (χ0v) is 9.66. The zero-order chi connectivity index (χ0) is 11.1. The van der Waals surface area contributed by atoms with Gasteiger partial charge in [-0.15, -0.1) is 0 Å². The Bertz CT molecular complexity index is 333. The van der Waals surface area contributed by atoms with Crippen molar-refractivity contribution in [2.45, 2.75) is 12.8 Å². The zero-order valence-electron chi connectivity index (χ0n) is 8.07. The maximum Gasteiger partial charge on any atom is 0.234 e. The number of hydrogen-bond donors (Lipinski definition) is 2. The first-order chi connectivity index (χ1) is 7.22. The number of halogens is 1. The number of nitrogens with one attached hydrogen (secondary N) is 1. The van der Waals surface area contributed by atoms with Crippen molar-refractivity contribution in [1.29, 1.82) is 0 Å². The third kappa shape index (κ3) is 4.75. The predicted molar refractivity (Wildman–Crippen MR) is 59.0 cm³/mol. The Morgan fingerprint density at radius 2 is 2.40 bits per heavy atom. The van der Waals surface area contributed by atoms with E-state index in [1.807, 2.05) is 6.07 Å². The number of carbonyl (C=O) groups excluding carboxylic acids is 1. The van der Waals surface area contributed by atoms with E-state index in [2.05, 4.69) is 26.3 Å². The summed E-state index contributed by atoms with van der Waals surface area (Å²) < 4.78 is 6.23. The highest BCUT2D eigenvalue weighted by molar-refractivity contribution is 9.10. The van der Waals surface area contributed by atoms with Crippen LogP contribution < -0.4 is 16.0 Å². The van der Waals surface area contributed by atoms with Crippen molar-refractivity contribution in [3.63, 3.8) is 0 Å². The molecule has 1 rings (SSSR count). The van der Waals surface area contributed by atoms with Crippen LogP contribution in [0.1, 0.15) is 12.8 Å². The maximum atomic E-state index is 10.8. The third-order valence-corrected chi connectivity index (χ3v) is 2.09. The molecular formula is C9H12BrN3O2. The molecule has 1 amide bonds. The summed E-state index contributed by atoms with van der Waals surface area (Å²) in [6, 6.07) is 1.82. The molecule has 82 valence electrons. The fraction of sp³-hybridized carbons (Fsp3) is 0.333. The molecule has 0 aliphatic heterocycles. The van der Waals surface area contributed by atoms with E-state index in [4.69, 9.17) is 10.6 Å². The topological polar surface area (TPSA) is 77.2 Å². The summed E-state index contributed by atoms with van der Waals surface area (Å²) in [5.74, 6) is 5.42. The molecule has 3 N–H and O–H groups in total. The van der Waals surface area contributed by atoms with Gasteiger partial charge < -0.3 is 4.74 Å². The Morgan fingerprint density at radius 3 is 3.07 bits per heavy atom. The van der Waals surface area contributed by atoms with Crippen molar-refractivity contribution < 1.29 is 9.53 Å². The SMILES string of the molecule is NNC(=O)CCCOc1cncc(Br)c1. The van der Waals surface area contributed by atoms with Gasteiger partial charge in [0.05, 0.1) is 12.8 Å². The van der Waals surface area contributed by atoms with Gasteiger partial charge in [0.2, 0.25) is 5.91 Å². The molecule has 1 aromatic heterocycles. The minimum Gasteiger partial charge on any atom is -0.492 e. The number of rotatable bonds is 5. The average Bonchev–Trinajstić information content (AvgIpc) is 2.24. The molecule has 0 saturated heterocycles. The molecule has 0 atom stereocenters. The van der Waals surface area contributed by atoms with Crippen LogP contribution in [0, 0.1) is 0 Å². The van der Waals surface area contributed by atoms with Crippen molar-refractivity contribution in [3.05, 3.63) is 22.9 Å². The smallest absolute Gasteiger partial charge is 0.234 e. The van der Waals surface area contributed by atoms with Crippen LogP contribution in [-0.4, -0.2) is 17.5 Å². The number of hydrazine groups is 1. The van der Waals surface area contributed by atoms with E-state index in [0.29, 0.717) is 25.2 Å². The Kier molecular flexibility index (Phi) is 5.06. The molecule has 5 nitrogen and oxygen atoms in total. The molecule has 0 spiro atoms. The third-order valence-electron chi connectivity index (χ3n) is 1.66. The Balaban J connectivity index is 2.23. The van der Waals surface area contributed by atoms with E-state index < -0.39 is 0 Å². The lowest BCUT2D eigenvalue weighted by Crippen LogP contribution is -2.29. The number of ether oxygens (including phenoxy) is 1. The molecule has 15 heavy (non-hydrogen) atoms. The monoisotopic (exact) mass is 273 g/mol. The Morgan fingerprint density at radius 1 is 1.60 bits per heavy atom. The van der Waals surface area contributed by atoms with Crippen LogP contribution in [0.3, 0.4) is 0 Å². The second-order valence-corrected chi connectivity index (χ2v) is 3.77. The molecule has 0 fully saturated rings. The van der Waals surface area contributed by atoms with Gasteiger partial charge >= 0.3 is 0 Å². The summed E-state index contributed by atoms with van der Waals surface area (Å²) in [6.45, 7) is 0.464. The highest BCUT2D eigenvalue weighted by atomic mass is 79.9. The summed E-state index contributed by atoms with van der Waals surface area (Å²) in [5, 5.41) is 0. The second-order valence-electron chi connectivity index (χ2n) is 2.86. The first kappa shape index (κ1) is 11.9. The summed E-state index contributed by atoms with van der Waals surface area (Å²) in [6.07, 6.45) is 4.27. The normalized spacial score (nSPS) is 9.73. The van der Waals surface area contributed by atoms with Gasteiger partial charge in [-0.1, -0.05) is 0 Å². The molecule has 0 aliphatic carbocycles. The minimum absolute atomic E-state index is 0.189. The number of aromatic nitrogens is 1. The van der Waals surface area contributed by atoms with Gasteiger partial charge in [-0.2, -0.15) is 0 Å². The lowest BCUT2D eigenvalue weighted by atomic mass is 10.3. The molecule has 6 heteroatoms. The molecule has 0 radical (unpaired) electrons. The van der Waals surface area contributed by atoms with Crippen molar-refractivity contribution in [2.24, 2.45) is 5.84 Å². The highest BCUT2D eigenvalue weighted by Crippen LogP contribution is 2.15. The molecule has 0 aliphatic rings. The molecule has 0 bridgehead atoms. The van der Waals surface area contributed by atoms with Gasteiger partial charge in [-0.25, -0.2) is 5.84 Å². The number of pyridine rings is 1. The van der Waals surface area contributed by atoms with E-state index in [-0.39, 0.29) is 5.91 Å². The number of nitrogens with two attached hydrogens (primary N) is 1. The lowest BCUT2D eigenvalue weighted by molar-refractivity contribution is -0.121. The van der Waals surface area contributed by atoms with Gasteiger partial charge in [0.15, 0.2) is 0 Å². The van der Waals surface area contributed by atoms with E-state index in [0.717, 1.165) is 4.47 Å². The summed E-state index contributed by atoms with van der Waals surface area (Å²) in [7, 11) is 0. The largest absolute Gasteiger partial charge is 0.492 e. The van der Waals surface area contributed by atoms with E-state index in [1.165, 1.54) is 0 Å². The van der Waals surface area contributed by atoms with Crippen LogP contribution in [0.2, 0.25) is 0 Å². The van der Waals surface area contributed by atoms with Gasteiger partial charge in [0.1, 0.15) is 5.75 Å². The minimum atomic E-state index is -0.189. The Hall–Kier alpha value is -1.14. The van der Waals surface area contributed by atoms with Crippen molar-refractivity contribution in [2.75, 3.05) is 6.61 Å². The van der Waals surface area contributed by atoms with Crippen LogP contribution in [-0.2, 0) is 4.79 Å². The van der Waals surface area contributed by atoms with Crippen LogP contribution in [0.25, 0.3) is 0 Å². The van der Waals surface area contributed by atoms with Gasteiger partial charge in [-0.05, 0) is 28.4 Å². The van der Waals surface area contributed by atoms with Crippen LogP contribution in [0.15, 0.2) is 22.9 Å². The van der Waals surface area contributed by atoms with E-state index in [9.17, 15) is 4.79 Å². The number of carbonyl (C=O) groups is 1. The van der Waals surface area contributed by atoms with Crippen molar-refractivity contribution in [1.82, 2.24) is 10.4 Å². The quantitative estimate of drug-likeness (QED) is 0.363. The first-order valence-corrected chi connectivity index (χ1v) is 5.24. The number of hydrogen-bond acceptors (Lipinski definition) is 4. The maximum absolute atomic E-state index is 10.8. The van der Waals surface area contributed by atoms with E-state index in [1.54, 1.807) is 12.4 Å².